The third-order valence-electron chi connectivity index (χ3n) is 4.07. The Balaban J connectivity index is 1.68. The summed E-state index contributed by atoms with van der Waals surface area (Å²) >= 11 is 4.98. The van der Waals surface area contributed by atoms with Crippen LogP contribution in [0.5, 0.6) is 11.5 Å². The van der Waals surface area contributed by atoms with Gasteiger partial charge in [-0.2, -0.15) is 0 Å². The van der Waals surface area contributed by atoms with Crippen molar-refractivity contribution in [2.75, 3.05) is 19.8 Å². The van der Waals surface area contributed by atoms with Crippen LogP contribution in [0.15, 0.2) is 54.6 Å². The molecule has 0 saturated carbocycles. The Bertz CT molecular complexity index is 1010. The van der Waals surface area contributed by atoms with Gasteiger partial charge in [0, 0.05) is 6.08 Å². The lowest BCUT2D eigenvalue weighted by Crippen LogP contribution is -2.49. The quantitative estimate of drug-likeness (QED) is 0.204. The van der Waals surface area contributed by atoms with E-state index in [0.717, 1.165) is 17.7 Å². The Kier molecular flexibility index (Phi) is 11.1. The molecule has 10 heteroatoms. The molecule has 2 amide bonds. The third kappa shape index (κ3) is 9.70. The number of carbonyl (C=O) groups excluding carboxylic acids is 3. The average molecular weight is 486 g/mol. The summed E-state index contributed by atoms with van der Waals surface area (Å²) in [4.78, 5) is 35.6. The van der Waals surface area contributed by atoms with Gasteiger partial charge in [-0.15, -0.1) is 0 Å². The van der Waals surface area contributed by atoms with Gasteiger partial charge in [-0.3, -0.25) is 25.8 Å². The maximum atomic E-state index is 12.0. The molecule has 34 heavy (non-hydrogen) atoms. The van der Waals surface area contributed by atoms with Crippen LogP contribution in [0, 0.1) is 0 Å². The molecule has 180 valence electrons. The molecule has 2 rings (SSSR count). The number of nitrogens with one attached hydrogen (secondary N) is 3. The Morgan fingerprint density at radius 2 is 1.56 bits per heavy atom. The first kappa shape index (κ1) is 26.3. The topological polar surface area (TPSA) is 115 Å². The molecule has 0 aliphatic rings. The predicted molar refractivity (Wildman–Crippen MR) is 131 cm³/mol. The normalized spacial score (nSPS) is 10.3. The summed E-state index contributed by atoms with van der Waals surface area (Å²) in [7, 11) is 0. The van der Waals surface area contributed by atoms with E-state index in [1.54, 1.807) is 42.5 Å². The zero-order valence-electron chi connectivity index (χ0n) is 19.0. The Morgan fingerprint density at radius 3 is 2.21 bits per heavy atom. The number of hydrogen-bond donors (Lipinski definition) is 3. The van der Waals surface area contributed by atoms with Gasteiger partial charge >= 0.3 is 5.97 Å². The Morgan fingerprint density at radius 1 is 0.912 bits per heavy atom. The number of carbonyl (C=O) groups is 3. The smallest absolute Gasteiger partial charge is 0.338 e. The maximum Gasteiger partial charge on any atom is 0.338 e. The van der Waals surface area contributed by atoms with E-state index in [4.69, 9.17) is 26.4 Å². The first-order valence-corrected chi connectivity index (χ1v) is 11.0. The predicted octanol–water partition coefficient (Wildman–Crippen LogP) is 2.77. The molecule has 0 saturated heterocycles. The standard InChI is InChI=1S/C24H27N3O6S/c1-3-15-32-23(30)18-8-12-20(13-9-18)33-16-22(29)26-27-24(34)25-21(28)14-7-17-5-10-19(11-6-17)31-4-2/h5-14H,3-4,15-16H2,1-2H3,(H,26,29)(H2,25,27,28,34)/b14-7+. The number of esters is 1. The molecule has 0 heterocycles. The molecule has 0 atom stereocenters. The Hall–Kier alpha value is -3.92. The zero-order chi connectivity index (χ0) is 24.8. The molecule has 0 spiro atoms. The second-order valence-corrected chi connectivity index (χ2v) is 7.18. The van der Waals surface area contributed by atoms with Crippen molar-refractivity contribution in [1.82, 2.24) is 16.2 Å². The molecule has 0 unspecified atom stereocenters. The molecule has 0 radical (unpaired) electrons. The Labute approximate surface area is 203 Å². The summed E-state index contributed by atoms with van der Waals surface area (Å²) in [6.07, 6.45) is 3.68. The van der Waals surface area contributed by atoms with Gasteiger partial charge in [0.15, 0.2) is 11.7 Å². The summed E-state index contributed by atoms with van der Waals surface area (Å²) in [6.45, 7) is 4.44. The third-order valence-corrected chi connectivity index (χ3v) is 4.27. The molecule has 0 aliphatic carbocycles. The second kappa shape index (κ2) is 14.3. The lowest BCUT2D eigenvalue weighted by atomic mass is 10.2. The minimum atomic E-state index is -0.520. The summed E-state index contributed by atoms with van der Waals surface area (Å²) in [5.41, 5.74) is 5.95. The number of ether oxygens (including phenoxy) is 3. The highest BCUT2D eigenvalue weighted by Crippen LogP contribution is 2.14. The SMILES string of the molecule is CCCOC(=O)c1ccc(OCC(=O)NNC(=S)NC(=O)/C=C/c2ccc(OCC)cc2)cc1. The van der Waals surface area contributed by atoms with Crippen LogP contribution in [0.4, 0.5) is 0 Å². The molecule has 0 fully saturated rings. The van der Waals surface area contributed by atoms with E-state index in [2.05, 4.69) is 16.2 Å². The fourth-order valence-electron chi connectivity index (χ4n) is 2.48. The van der Waals surface area contributed by atoms with Gasteiger partial charge in [-0.05, 0) is 73.6 Å². The highest BCUT2D eigenvalue weighted by molar-refractivity contribution is 7.80. The number of hydrogen-bond acceptors (Lipinski definition) is 7. The van der Waals surface area contributed by atoms with Crippen molar-refractivity contribution in [3.05, 3.63) is 65.7 Å². The number of rotatable bonds is 10. The van der Waals surface area contributed by atoms with E-state index in [9.17, 15) is 14.4 Å². The van der Waals surface area contributed by atoms with Gasteiger partial charge in [0.25, 0.3) is 5.91 Å². The molecule has 0 aliphatic heterocycles. The minimum Gasteiger partial charge on any atom is -0.494 e. The fourth-order valence-corrected chi connectivity index (χ4v) is 2.63. The van der Waals surface area contributed by atoms with Crippen LogP contribution >= 0.6 is 12.2 Å². The lowest BCUT2D eigenvalue weighted by Gasteiger charge is -2.11. The van der Waals surface area contributed by atoms with E-state index in [1.807, 2.05) is 26.0 Å². The average Bonchev–Trinajstić information content (AvgIpc) is 2.85. The van der Waals surface area contributed by atoms with Crippen molar-refractivity contribution in [2.24, 2.45) is 0 Å². The molecule has 9 nitrogen and oxygen atoms in total. The molecule has 3 N–H and O–H groups in total. The van der Waals surface area contributed by atoms with Crippen molar-refractivity contribution < 1.29 is 28.6 Å². The van der Waals surface area contributed by atoms with Crippen LogP contribution in [0.3, 0.4) is 0 Å². The van der Waals surface area contributed by atoms with Crippen LogP contribution in [0.25, 0.3) is 6.08 Å². The zero-order valence-corrected chi connectivity index (χ0v) is 19.8. The highest BCUT2D eigenvalue weighted by Gasteiger charge is 2.08. The van der Waals surface area contributed by atoms with Crippen LogP contribution < -0.4 is 25.6 Å². The van der Waals surface area contributed by atoms with E-state index in [1.165, 1.54) is 6.08 Å². The lowest BCUT2D eigenvalue weighted by molar-refractivity contribution is -0.123. The van der Waals surface area contributed by atoms with Gasteiger partial charge in [-0.25, -0.2) is 4.79 Å². The molecular formula is C24H27N3O6S. The highest BCUT2D eigenvalue weighted by atomic mass is 32.1. The second-order valence-electron chi connectivity index (χ2n) is 6.78. The summed E-state index contributed by atoms with van der Waals surface area (Å²) in [5.74, 6) is -0.251. The fraction of sp³-hybridized carbons (Fsp3) is 0.250. The summed E-state index contributed by atoms with van der Waals surface area (Å²) in [6, 6.07) is 13.5. The number of hydrazine groups is 1. The van der Waals surface area contributed by atoms with Gasteiger partial charge < -0.3 is 14.2 Å². The molecule has 0 aromatic heterocycles. The van der Waals surface area contributed by atoms with Crippen LogP contribution in [-0.4, -0.2) is 42.7 Å². The van der Waals surface area contributed by atoms with E-state index < -0.39 is 17.8 Å². The first-order chi connectivity index (χ1) is 16.4. The number of amides is 2. The summed E-state index contributed by atoms with van der Waals surface area (Å²) < 4.78 is 15.8. The van der Waals surface area contributed by atoms with Gasteiger partial charge in [0.1, 0.15) is 11.5 Å². The van der Waals surface area contributed by atoms with Gasteiger partial charge in [0.2, 0.25) is 5.91 Å². The van der Waals surface area contributed by atoms with E-state index in [-0.39, 0.29) is 11.7 Å². The van der Waals surface area contributed by atoms with Crippen molar-refractivity contribution in [3.63, 3.8) is 0 Å². The van der Waals surface area contributed by atoms with E-state index >= 15 is 0 Å². The first-order valence-electron chi connectivity index (χ1n) is 10.6. The van der Waals surface area contributed by atoms with Crippen LogP contribution in [0.1, 0.15) is 36.2 Å². The van der Waals surface area contributed by atoms with Crippen LogP contribution in [-0.2, 0) is 14.3 Å². The summed E-state index contributed by atoms with van der Waals surface area (Å²) in [5, 5.41) is 2.33. The van der Waals surface area contributed by atoms with Crippen molar-refractivity contribution >= 4 is 41.2 Å². The molecular weight excluding hydrogens is 458 g/mol. The monoisotopic (exact) mass is 485 g/mol. The maximum absolute atomic E-state index is 12.0. The van der Waals surface area contributed by atoms with Crippen molar-refractivity contribution in [3.8, 4) is 11.5 Å². The van der Waals surface area contributed by atoms with E-state index in [0.29, 0.717) is 24.5 Å². The molecule has 2 aromatic carbocycles. The molecule has 2 aromatic rings. The minimum absolute atomic E-state index is 0.0790. The van der Waals surface area contributed by atoms with Crippen LogP contribution in [0.2, 0.25) is 0 Å². The number of benzene rings is 2. The van der Waals surface area contributed by atoms with Gasteiger partial charge in [0.05, 0.1) is 18.8 Å². The van der Waals surface area contributed by atoms with Gasteiger partial charge in [-0.1, -0.05) is 19.1 Å². The molecule has 0 bridgehead atoms. The van der Waals surface area contributed by atoms with Crippen molar-refractivity contribution in [1.29, 1.82) is 0 Å². The number of thiocarbonyl (C=S) groups is 1. The largest absolute Gasteiger partial charge is 0.494 e. The van der Waals surface area contributed by atoms with Crippen molar-refractivity contribution in [2.45, 2.75) is 20.3 Å².